The summed E-state index contributed by atoms with van der Waals surface area (Å²) in [6, 6.07) is 2.66. The van der Waals surface area contributed by atoms with Crippen LogP contribution in [0.4, 0.5) is 4.39 Å². The third-order valence-electron chi connectivity index (χ3n) is 7.97. The number of aliphatic imine (C=N–C) groups is 1. The van der Waals surface area contributed by atoms with Crippen molar-refractivity contribution in [3.63, 3.8) is 0 Å². The van der Waals surface area contributed by atoms with Crippen molar-refractivity contribution in [2.75, 3.05) is 20.6 Å². The van der Waals surface area contributed by atoms with E-state index in [0.717, 1.165) is 4.90 Å². The highest BCUT2D eigenvalue weighted by molar-refractivity contribution is 6.46. The van der Waals surface area contributed by atoms with Gasteiger partial charge < -0.3 is 15.5 Å². The standard InChI is InChI=1S/C26H29FN8O5/c1-14-10-15(4-5-16(14)27)11-28-19(37)17-18(36)21(39)35-12-25(23-29-13-30-33-23)6-8-26(9-7-25,24(35)31-17)32-20(38)22(40)34(2)3/h4-5,10,13,17H,6-9,11-12H2,1-3H3,(H,28,37)(H,32,38)(H,29,30,33). The van der Waals surface area contributed by atoms with Crippen molar-refractivity contribution >= 4 is 35.2 Å². The molecule has 4 aliphatic rings. The molecule has 2 aromatic rings. The lowest BCUT2D eigenvalue weighted by Crippen LogP contribution is -2.65. The molecule has 40 heavy (non-hydrogen) atoms. The molecule has 3 N–H and O–H groups in total. The molecule has 1 aliphatic carbocycles. The average molecular weight is 553 g/mol. The Morgan fingerprint density at radius 2 is 1.90 bits per heavy atom. The number of benzene rings is 1. The number of hydrogen-bond donors (Lipinski definition) is 3. The van der Waals surface area contributed by atoms with Gasteiger partial charge in [0.15, 0.2) is 6.04 Å². The SMILES string of the molecule is Cc1cc(CNC(=O)C2N=C3N(CC4(c5ncn[nH]5)CCC3(NC(=O)C(=O)N(C)C)CC4)C(=O)C2=O)ccc1F. The molecule has 3 aliphatic heterocycles. The fourth-order valence-electron chi connectivity index (χ4n) is 5.67. The van der Waals surface area contributed by atoms with Gasteiger partial charge in [-0.2, -0.15) is 5.10 Å². The van der Waals surface area contributed by atoms with Gasteiger partial charge in [0.05, 0.1) is 5.54 Å². The summed E-state index contributed by atoms with van der Waals surface area (Å²) in [5.74, 6) is -4.23. The second-order valence-electron chi connectivity index (χ2n) is 10.8. The molecule has 13 nitrogen and oxygen atoms in total. The lowest BCUT2D eigenvalue weighted by atomic mass is 9.68. The summed E-state index contributed by atoms with van der Waals surface area (Å²) in [5, 5.41) is 12.2. The Morgan fingerprint density at radius 1 is 1.18 bits per heavy atom. The van der Waals surface area contributed by atoms with Crippen LogP contribution in [-0.4, -0.2) is 92.4 Å². The van der Waals surface area contributed by atoms with E-state index in [1.165, 1.54) is 37.5 Å². The first kappa shape index (κ1) is 27.1. The number of hydrogen-bond acceptors (Lipinski definition) is 8. The van der Waals surface area contributed by atoms with Crippen molar-refractivity contribution in [3.05, 3.63) is 47.3 Å². The Kier molecular flexibility index (Phi) is 6.72. The smallest absolute Gasteiger partial charge is 0.311 e. The molecule has 0 spiro atoms. The maximum Gasteiger partial charge on any atom is 0.311 e. The van der Waals surface area contributed by atoms with Crippen molar-refractivity contribution in [3.8, 4) is 0 Å². The average Bonchev–Trinajstić information content (AvgIpc) is 3.40. The number of aromatic amines is 1. The van der Waals surface area contributed by atoms with Gasteiger partial charge in [0.2, 0.25) is 0 Å². The molecule has 1 atom stereocenters. The summed E-state index contributed by atoms with van der Waals surface area (Å²) in [4.78, 5) is 76.4. The number of nitrogens with zero attached hydrogens (tertiary/aromatic N) is 5. The van der Waals surface area contributed by atoms with Gasteiger partial charge >= 0.3 is 11.8 Å². The van der Waals surface area contributed by atoms with Crippen LogP contribution in [-0.2, 0) is 35.9 Å². The maximum absolute atomic E-state index is 13.6. The maximum atomic E-state index is 13.6. The molecule has 14 heteroatoms. The number of amidine groups is 1. The lowest BCUT2D eigenvalue weighted by molar-refractivity contribution is -0.146. The van der Waals surface area contributed by atoms with E-state index in [1.807, 2.05) is 0 Å². The van der Waals surface area contributed by atoms with E-state index < -0.39 is 46.4 Å². The molecule has 2 bridgehead atoms. The number of likely N-dealkylation sites (N-methyl/N-ethyl adjacent to an activating group) is 1. The predicted octanol–water partition coefficient (Wildman–Crippen LogP) is -0.484. The van der Waals surface area contributed by atoms with Crippen molar-refractivity contribution in [1.29, 1.82) is 0 Å². The van der Waals surface area contributed by atoms with Crippen LogP contribution in [0.1, 0.15) is 42.6 Å². The molecule has 0 radical (unpaired) electrons. The Hall–Kier alpha value is -4.49. The molecule has 2 saturated heterocycles. The molecule has 1 unspecified atom stereocenters. The van der Waals surface area contributed by atoms with Crippen molar-refractivity contribution < 1.29 is 28.4 Å². The Bertz CT molecular complexity index is 1430. The number of ketones is 1. The summed E-state index contributed by atoms with van der Waals surface area (Å²) < 4.78 is 13.6. The summed E-state index contributed by atoms with van der Waals surface area (Å²) >= 11 is 0. The second kappa shape index (κ2) is 9.92. The van der Waals surface area contributed by atoms with Crippen molar-refractivity contribution in [1.82, 2.24) is 35.6 Å². The van der Waals surface area contributed by atoms with Crippen LogP contribution >= 0.6 is 0 Å². The number of fused-ring (bicyclic) bond motifs is 2. The molecule has 6 rings (SSSR count). The van der Waals surface area contributed by atoms with Gasteiger partial charge in [-0.3, -0.25) is 34.0 Å². The van der Waals surface area contributed by atoms with E-state index in [-0.39, 0.29) is 37.6 Å². The number of aromatic nitrogens is 3. The highest BCUT2D eigenvalue weighted by Gasteiger charge is 2.59. The summed E-state index contributed by atoms with van der Waals surface area (Å²) in [6.07, 6.45) is 2.79. The van der Waals surface area contributed by atoms with E-state index in [4.69, 9.17) is 0 Å². The fourth-order valence-corrected chi connectivity index (χ4v) is 5.67. The minimum absolute atomic E-state index is 0.0136. The molecule has 4 amide bonds. The number of Topliss-reactive ketones (excluding diaryl/α,β-unsaturated/α-hetero) is 1. The summed E-state index contributed by atoms with van der Waals surface area (Å²) in [7, 11) is 2.89. The monoisotopic (exact) mass is 552 g/mol. The minimum Gasteiger partial charge on any atom is -0.350 e. The predicted molar refractivity (Wildman–Crippen MR) is 137 cm³/mol. The van der Waals surface area contributed by atoms with Gasteiger partial charge in [-0.05, 0) is 49.8 Å². The number of amides is 4. The molecule has 210 valence electrons. The van der Waals surface area contributed by atoms with Crippen LogP contribution in [0, 0.1) is 12.7 Å². The molecule has 3 fully saturated rings. The van der Waals surface area contributed by atoms with Gasteiger partial charge in [0, 0.05) is 32.6 Å². The lowest BCUT2D eigenvalue weighted by Gasteiger charge is -2.41. The van der Waals surface area contributed by atoms with E-state index >= 15 is 0 Å². The fraction of sp³-hybridized carbons (Fsp3) is 0.462. The summed E-state index contributed by atoms with van der Waals surface area (Å²) in [5.41, 5.74) is -0.972. The van der Waals surface area contributed by atoms with E-state index in [0.29, 0.717) is 29.8 Å². The number of aryl methyl sites for hydroxylation is 1. The van der Waals surface area contributed by atoms with Crippen LogP contribution in [0.25, 0.3) is 0 Å². The van der Waals surface area contributed by atoms with Crippen LogP contribution in [0.2, 0.25) is 0 Å². The van der Waals surface area contributed by atoms with E-state index in [1.54, 1.807) is 13.0 Å². The highest BCUT2D eigenvalue weighted by atomic mass is 19.1. The van der Waals surface area contributed by atoms with E-state index in [2.05, 4.69) is 30.8 Å². The number of halogens is 1. The molecular formula is C26H29FN8O5. The van der Waals surface area contributed by atoms with Crippen LogP contribution in [0.3, 0.4) is 0 Å². The highest BCUT2D eigenvalue weighted by Crippen LogP contribution is 2.47. The Balaban J connectivity index is 1.50. The number of nitrogens with one attached hydrogen (secondary N) is 3. The number of carbonyl (C=O) groups excluding carboxylic acids is 5. The molecule has 1 aromatic heterocycles. The third kappa shape index (κ3) is 4.52. The van der Waals surface area contributed by atoms with Crippen molar-refractivity contribution in [2.45, 2.75) is 56.1 Å². The normalized spacial score (nSPS) is 25.6. The van der Waals surface area contributed by atoms with Gasteiger partial charge in [-0.1, -0.05) is 12.1 Å². The van der Waals surface area contributed by atoms with Gasteiger partial charge in [0.1, 0.15) is 23.8 Å². The molecular weight excluding hydrogens is 523 g/mol. The largest absolute Gasteiger partial charge is 0.350 e. The van der Waals surface area contributed by atoms with E-state index in [9.17, 15) is 28.4 Å². The number of H-pyrrole nitrogens is 1. The third-order valence-corrected chi connectivity index (χ3v) is 7.97. The molecule has 1 aromatic carbocycles. The zero-order chi connectivity index (χ0) is 28.8. The van der Waals surface area contributed by atoms with Crippen LogP contribution in [0.15, 0.2) is 29.5 Å². The number of rotatable bonds is 5. The van der Waals surface area contributed by atoms with Crippen LogP contribution in [0.5, 0.6) is 0 Å². The zero-order valence-corrected chi connectivity index (χ0v) is 22.3. The van der Waals surface area contributed by atoms with Crippen molar-refractivity contribution in [2.24, 2.45) is 4.99 Å². The quantitative estimate of drug-likeness (QED) is 0.332. The molecule has 1 saturated carbocycles. The summed E-state index contributed by atoms with van der Waals surface area (Å²) in [6.45, 7) is 1.61. The number of carbonyl (C=O) groups is 5. The van der Waals surface area contributed by atoms with Gasteiger partial charge in [0.25, 0.3) is 17.6 Å². The first-order valence-electron chi connectivity index (χ1n) is 12.8. The second-order valence-corrected chi connectivity index (χ2v) is 10.8. The first-order chi connectivity index (χ1) is 19.0. The molecule has 4 heterocycles. The Labute approximate surface area is 228 Å². The topological polar surface area (TPSA) is 170 Å². The van der Waals surface area contributed by atoms with Crippen LogP contribution < -0.4 is 10.6 Å². The van der Waals surface area contributed by atoms with Gasteiger partial charge in [-0.25, -0.2) is 14.4 Å². The zero-order valence-electron chi connectivity index (χ0n) is 22.3. The minimum atomic E-state index is -1.68. The first-order valence-corrected chi connectivity index (χ1v) is 12.8. The van der Waals surface area contributed by atoms with Gasteiger partial charge in [-0.15, -0.1) is 0 Å². The Morgan fingerprint density at radius 3 is 2.52 bits per heavy atom.